The molecule has 0 saturated carbocycles. The molecule has 2 atom stereocenters. The highest BCUT2D eigenvalue weighted by atomic mass is 16.2. The monoisotopic (exact) mass is 467 g/mol. The third kappa shape index (κ3) is 4.81. The Bertz CT molecular complexity index is 1180. The van der Waals surface area contributed by atoms with E-state index in [1.807, 2.05) is 59.2 Å². The van der Waals surface area contributed by atoms with Gasteiger partial charge in [-0.2, -0.15) is 0 Å². The third-order valence-electron chi connectivity index (χ3n) is 7.50. The zero-order chi connectivity index (χ0) is 24.4. The van der Waals surface area contributed by atoms with Gasteiger partial charge < -0.3 is 14.7 Å². The van der Waals surface area contributed by atoms with E-state index in [2.05, 4.69) is 48.2 Å². The molecule has 0 N–H and O–H groups in total. The lowest BCUT2D eigenvalue weighted by molar-refractivity contribution is -0.135. The minimum atomic E-state index is -0.225. The van der Waals surface area contributed by atoms with E-state index in [-0.39, 0.29) is 23.7 Å². The summed E-state index contributed by atoms with van der Waals surface area (Å²) >= 11 is 0. The van der Waals surface area contributed by atoms with Crippen LogP contribution in [0.3, 0.4) is 0 Å². The average molecular weight is 468 g/mol. The second-order valence-corrected chi connectivity index (χ2v) is 9.80. The van der Waals surface area contributed by atoms with E-state index in [0.29, 0.717) is 31.7 Å². The number of hydrogen-bond acceptors (Lipinski definition) is 3. The van der Waals surface area contributed by atoms with Crippen LogP contribution >= 0.6 is 0 Å². The molecule has 2 amide bonds. The van der Waals surface area contributed by atoms with Gasteiger partial charge in [0, 0.05) is 56.4 Å². The molecule has 0 aliphatic carbocycles. The molecule has 2 fully saturated rings. The van der Waals surface area contributed by atoms with Crippen LogP contribution in [0.25, 0.3) is 0 Å². The van der Waals surface area contributed by atoms with Crippen LogP contribution in [0.5, 0.6) is 0 Å². The zero-order valence-electron chi connectivity index (χ0n) is 20.6. The largest absolute Gasteiger partial charge is 0.368 e. The average Bonchev–Trinajstić information content (AvgIpc) is 3.35. The fraction of sp³-hybridized carbons (Fsp3) is 0.333. The van der Waals surface area contributed by atoms with Crippen molar-refractivity contribution in [1.82, 2.24) is 9.80 Å². The number of rotatable bonds is 4. The van der Waals surface area contributed by atoms with Crippen LogP contribution in [0.15, 0.2) is 78.9 Å². The van der Waals surface area contributed by atoms with Crippen molar-refractivity contribution in [3.63, 3.8) is 0 Å². The standard InChI is InChI=1S/C30H33N3O2/c1-22-12-14-25(15-13-22)29(34)33-20-26(24-9-4-3-5-10-24)27(21-33)30(35)32-18-16-31(17-19-32)28-11-7-6-8-23(28)2/h3-15,26-27H,16-21H2,1-2H3. The van der Waals surface area contributed by atoms with Crippen molar-refractivity contribution in [2.75, 3.05) is 44.2 Å². The van der Waals surface area contributed by atoms with E-state index in [1.165, 1.54) is 11.3 Å². The topological polar surface area (TPSA) is 43.9 Å². The number of aryl methyl sites for hydroxylation is 2. The van der Waals surface area contributed by atoms with Gasteiger partial charge in [-0.15, -0.1) is 0 Å². The minimum Gasteiger partial charge on any atom is -0.368 e. The first kappa shape index (κ1) is 23.2. The van der Waals surface area contributed by atoms with Crippen molar-refractivity contribution in [2.24, 2.45) is 5.92 Å². The second-order valence-electron chi connectivity index (χ2n) is 9.80. The molecule has 2 heterocycles. The van der Waals surface area contributed by atoms with Gasteiger partial charge in [-0.3, -0.25) is 9.59 Å². The molecular formula is C30H33N3O2. The van der Waals surface area contributed by atoms with E-state index in [4.69, 9.17) is 0 Å². The first-order valence-corrected chi connectivity index (χ1v) is 12.5. The molecule has 2 unspecified atom stereocenters. The summed E-state index contributed by atoms with van der Waals surface area (Å²) in [6.45, 7) is 8.24. The molecule has 2 aliphatic rings. The Morgan fingerprint density at radius 1 is 0.714 bits per heavy atom. The number of carbonyl (C=O) groups is 2. The molecule has 5 nitrogen and oxygen atoms in total. The summed E-state index contributed by atoms with van der Waals surface area (Å²) in [5, 5.41) is 0. The number of benzene rings is 3. The molecule has 180 valence electrons. The molecule has 0 spiro atoms. The van der Waals surface area contributed by atoms with E-state index in [1.54, 1.807) is 0 Å². The van der Waals surface area contributed by atoms with Crippen LogP contribution in [0, 0.1) is 19.8 Å². The summed E-state index contributed by atoms with van der Waals surface area (Å²) in [6, 6.07) is 26.3. The molecule has 5 heteroatoms. The molecule has 2 saturated heterocycles. The summed E-state index contributed by atoms with van der Waals surface area (Å²) in [6.07, 6.45) is 0. The van der Waals surface area contributed by atoms with Gasteiger partial charge in [0.05, 0.1) is 5.92 Å². The second kappa shape index (κ2) is 9.95. The van der Waals surface area contributed by atoms with E-state index in [0.717, 1.165) is 24.2 Å². The number of para-hydroxylation sites is 1. The van der Waals surface area contributed by atoms with E-state index < -0.39 is 0 Å². The number of hydrogen-bond donors (Lipinski definition) is 0. The third-order valence-corrected chi connectivity index (χ3v) is 7.50. The Morgan fingerprint density at radius 2 is 1.37 bits per heavy atom. The lowest BCUT2D eigenvalue weighted by Crippen LogP contribution is -2.51. The first-order valence-electron chi connectivity index (χ1n) is 12.5. The summed E-state index contributed by atoms with van der Waals surface area (Å²) in [5.74, 6) is -0.0441. The van der Waals surface area contributed by atoms with Crippen LogP contribution in [-0.2, 0) is 4.79 Å². The van der Waals surface area contributed by atoms with Crippen LogP contribution in [0.4, 0.5) is 5.69 Å². The molecule has 0 radical (unpaired) electrons. The minimum absolute atomic E-state index is 0.00519. The highest BCUT2D eigenvalue weighted by molar-refractivity contribution is 5.95. The van der Waals surface area contributed by atoms with Crippen LogP contribution in [-0.4, -0.2) is 60.9 Å². The Kier molecular flexibility index (Phi) is 6.58. The van der Waals surface area contributed by atoms with Crippen molar-refractivity contribution >= 4 is 17.5 Å². The van der Waals surface area contributed by atoms with Crippen LogP contribution in [0.1, 0.15) is 33.0 Å². The maximum absolute atomic E-state index is 13.8. The molecule has 0 bridgehead atoms. The molecule has 5 rings (SSSR count). The molecular weight excluding hydrogens is 434 g/mol. The molecule has 35 heavy (non-hydrogen) atoms. The van der Waals surface area contributed by atoms with E-state index in [9.17, 15) is 9.59 Å². The van der Waals surface area contributed by atoms with Crippen molar-refractivity contribution in [3.8, 4) is 0 Å². The predicted octanol–water partition coefficient (Wildman–Crippen LogP) is 4.51. The highest BCUT2D eigenvalue weighted by Crippen LogP contribution is 2.35. The van der Waals surface area contributed by atoms with Gasteiger partial charge in [0.2, 0.25) is 5.91 Å². The Labute approximate surface area is 208 Å². The van der Waals surface area contributed by atoms with Gasteiger partial charge in [-0.25, -0.2) is 0 Å². The fourth-order valence-electron chi connectivity index (χ4n) is 5.46. The highest BCUT2D eigenvalue weighted by Gasteiger charge is 2.42. The lowest BCUT2D eigenvalue weighted by atomic mass is 9.88. The number of piperazine rings is 1. The molecule has 0 aromatic heterocycles. The number of anilines is 1. The quantitative estimate of drug-likeness (QED) is 0.567. The summed E-state index contributed by atoms with van der Waals surface area (Å²) in [4.78, 5) is 33.4. The van der Waals surface area contributed by atoms with Crippen molar-refractivity contribution in [3.05, 3.63) is 101 Å². The number of nitrogens with zero attached hydrogens (tertiary/aromatic N) is 3. The Morgan fingerprint density at radius 3 is 2.06 bits per heavy atom. The predicted molar refractivity (Wildman–Crippen MR) is 140 cm³/mol. The number of carbonyl (C=O) groups excluding carboxylic acids is 2. The Hall–Kier alpha value is -3.60. The molecule has 3 aromatic rings. The molecule has 3 aromatic carbocycles. The van der Waals surface area contributed by atoms with Crippen LogP contribution < -0.4 is 4.90 Å². The summed E-state index contributed by atoms with van der Waals surface area (Å²) in [5.41, 5.74) is 5.45. The van der Waals surface area contributed by atoms with Gasteiger partial charge in [0.1, 0.15) is 0 Å². The maximum Gasteiger partial charge on any atom is 0.253 e. The van der Waals surface area contributed by atoms with Crippen molar-refractivity contribution in [2.45, 2.75) is 19.8 Å². The SMILES string of the molecule is Cc1ccc(C(=O)N2CC(C(=O)N3CCN(c4ccccc4C)CC3)C(c3ccccc3)C2)cc1. The fourth-order valence-corrected chi connectivity index (χ4v) is 5.46. The summed E-state index contributed by atoms with van der Waals surface area (Å²) in [7, 11) is 0. The normalized spacial score (nSPS) is 20.2. The smallest absolute Gasteiger partial charge is 0.253 e. The Balaban J connectivity index is 1.32. The molecule has 2 aliphatic heterocycles. The van der Waals surface area contributed by atoms with Gasteiger partial charge in [-0.1, -0.05) is 66.2 Å². The van der Waals surface area contributed by atoms with Gasteiger partial charge in [-0.05, 0) is 43.2 Å². The van der Waals surface area contributed by atoms with Gasteiger partial charge >= 0.3 is 0 Å². The lowest BCUT2D eigenvalue weighted by Gasteiger charge is -2.38. The van der Waals surface area contributed by atoms with Gasteiger partial charge in [0.25, 0.3) is 5.91 Å². The zero-order valence-corrected chi connectivity index (χ0v) is 20.6. The first-order chi connectivity index (χ1) is 17.0. The van der Waals surface area contributed by atoms with Gasteiger partial charge in [0.15, 0.2) is 0 Å². The van der Waals surface area contributed by atoms with E-state index >= 15 is 0 Å². The number of likely N-dealkylation sites (tertiary alicyclic amines) is 1. The van der Waals surface area contributed by atoms with Crippen molar-refractivity contribution < 1.29 is 9.59 Å². The number of amides is 2. The van der Waals surface area contributed by atoms with Crippen LogP contribution in [0.2, 0.25) is 0 Å². The van der Waals surface area contributed by atoms with Crippen molar-refractivity contribution in [1.29, 1.82) is 0 Å². The summed E-state index contributed by atoms with van der Waals surface area (Å²) < 4.78 is 0. The maximum atomic E-state index is 13.8.